The molecule has 9 nitrogen and oxygen atoms in total. The number of H-pyrrole nitrogens is 1. The highest BCUT2D eigenvalue weighted by Crippen LogP contribution is 2.25. The van der Waals surface area contributed by atoms with E-state index in [2.05, 4.69) is 24.7 Å². The van der Waals surface area contributed by atoms with Crippen molar-refractivity contribution in [1.29, 1.82) is 0 Å². The Balaban J connectivity index is 2.40. The third kappa shape index (κ3) is 3.21. The summed E-state index contributed by atoms with van der Waals surface area (Å²) < 4.78 is 26.8. The van der Waals surface area contributed by atoms with E-state index in [1.165, 1.54) is 18.7 Å². The van der Waals surface area contributed by atoms with E-state index in [1.807, 2.05) is 14.1 Å². The molecule has 0 unspecified atom stereocenters. The van der Waals surface area contributed by atoms with Crippen LogP contribution >= 0.6 is 0 Å². The van der Waals surface area contributed by atoms with Gasteiger partial charge in [0.05, 0.1) is 18.7 Å². The Morgan fingerprint density at radius 3 is 2.38 bits per heavy atom. The number of sulfonamides is 1. The minimum Gasteiger partial charge on any atom is -0.361 e. The number of nitrogens with zero attached hydrogens (tertiary/aromatic N) is 5. The van der Waals surface area contributed by atoms with Crippen molar-refractivity contribution in [2.75, 3.05) is 42.7 Å². The molecular formula is C11H17N7O2S. The van der Waals surface area contributed by atoms with Gasteiger partial charge in [-0.2, -0.15) is 13.4 Å². The van der Waals surface area contributed by atoms with Gasteiger partial charge in [0.15, 0.2) is 10.8 Å². The van der Waals surface area contributed by atoms with Crippen LogP contribution in [0.1, 0.15) is 0 Å². The number of rotatable bonds is 5. The standard InChI is InChI=1S/C11H17N7O2S/c1-17(2)10-8(5-13-11(15-10)18(3)4)16-21(19,20)9-6-12-7-14-9/h5-7,16H,1-4H3,(H,12,14). The molecule has 0 bridgehead atoms. The zero-order chi connectivity index (χ0) is 15.6. The average molecular weight is 311 g/mol. The molecule has 0 saturated carbocycles. The van der Waals surface area contributed by atoms with Gasteiger partial charge in [0, 0.05) is 28.2 Å². The number of hydrogen-bond acceptors (Lipinski definition) is 7. The van der Waals surface area contributed by atoms with Crippen molar-refractivity contribution in [2.24, 2.45) is 0 Å². The largest absolute Gasteiger partial charge is 0.361 e. The Morgan fingerprint density at radius 1 is 1.14 bits per heavy atom. The van der Waals surface area contributed by atoms with Crippen molar-refractivity contribution >= 4 is 27.5 Å². The van der Waals surface area contributed by atoms with Gasteiger partial charge in [0.2, 0.25) is 5.95 Å². The van der Waals surface area contributed by atoms with Crippen LogP contribution in [-0.4, -0.2) is 56.5 Å². The molecule has 114 valence electrons. The van der Waals surface area contributed by atoms with Gasteiger partial charge in [-0.05, 0) is 0 Å². The van der Waals surface area contributed by atoms with Crippen LogP contribution in [0.3, 0.4) is 0 Å². The highest BCUT2D eigenvalue weighted by molar-refractivity contribution is 7.92. The second kappa shape index (κ2) is 5.56. The minimum atomic E-state index is -3.75. The van der Waals surface area contributed by atoms with E-state index in [-0.39, 0.29) is 5.03 Å². The molecule has 2 aromatic rings. The molecule has 0 amide bonds. The summed E-state index contributed by atoms with van der Waals surface area (Å²) >= 11 is 0. The fourth-order valence-electron chi connectivity index (χ4n) is 1.58. The molecule has 21 heavy (non-hydrogen) atoms. The van der Waals surface area contributed by atoms with Gasteiger partial charge >= 0.3 is 0 Å². The van der Waals surface area contributed by atoms with Crippen molar-refractivity contribution in [3.8, 4) is 0 Å². The molecule has 0 aliphatic carbocycles. The minimum absolute atomic E-state index is 0.0242. The Kier molecular flexibility index (Phi) is 3.98. The molecule has 0 spiro atoms. The molecule has 0 aliphatic heterocycles. The van der Waals surface area contributed by atoms with Gasteiger partial charge in [0.1, 0.15) is 5.69 Å². The van der Waals surface area contributed by atoms with E-state index in [0.717, 1.165) is 0 Å². The third-order valence-corrected chi connectivity index (χ3v) is 3.88. The molecule has 0 aromatic carbocycles. The van der Waals surface area contributed by atoms with Crippen LogP contribution in [0.25, 0.3) is 0 Å². The van der Waals surface area contributed by atoms with Crippen molar-refractivity contribution < 1.29 is 8.42 Å². The number of aromatic nitrogens is 4. The lowest BCUT2D eigenvalue weighted by Gasteiger charge is -2.19. The molecule has 10 heteroatoms. The Hall–Kier alpha value is -2.36. The van der Waals surface area contributed by atoms with Crippen molar-refractivity contribution in [2.45, 2.75) is 5.03 Å². The second-order valence-electron chi connectivity index (χ2n) is 4.72. The summed E-state index contributed by atoms with van der Waals surface area (Å²) in [6, 6.07) is 0. The molecule has 2 rings (SSSR count). The van der Waals surface area contributed by atoms with Crippen LogP contribution in [-0.2, 0) is 10.0 Å². The normalized spacial score (nSPS) is 11.2. The summed E-state index contributed by atoms with van der Waals surface area (Å²) in [5.41, 5.74) is 0.292. The molecule has 2 aromatic heterocycles. The predicted octanol–water partition coefficient (Wildman–Crippen LogP) is 0.132. The highest BCUT2D eigenvalue weighted by atomic mass is 32.2. The Morgan fingerprint density at radius 2 is 1.86 bits per heavy atom. The molecule has 0 fully saturated rings. The van der Waals surface area contributed by atoms with Gasteiger partial charge in [-0.25, -0.2) is 9.97 Å². The average Bonchev–Trinajstić information content (AvgIpc) is 2.92. The van der Waals surface area contributed by atoms with Gasteiger partial charge in [-0.1, -0.05) is 0 Å². The fraction of sp³-hybridized carbons (Fsp3) is 0.364. The lowest BCUT2D eigenvalue weighted by atomic mass is 10.4. The van der Waals surface area contributed by atoms with E-state index in [1.54, 1.807) is 23.9 Å². The summed E-state index contributed by atoms with van der Waals surface area (Å²) in [4.78, 5) is 18.1. The quantitative estimate of drug-likeness (QED) is 0.808. The molecule has 0 atom stereocenters. The topological polar surface area (TPSA) is 107 Å². The number of anilines is 3. The second-order valence-corrected chi connectivity index (χ2v) is 6.37. The summed E-state index contributed by atoms with van der Waals surface area (Å²) in [5.74, 6) is 0.958. The van der Waals surface area contributed by atoms with E-state index in [4.69, 9.17) is 0 Å². The first-order valence-corrected chi connectivity index (χ1v) is 7.52. The zero-order valence-corrected chi connectivity index (χ0v) is 13.0. The molecular weight excluding hydrogens is 294 g/mol. The van der Waals surface area contributed by atoms with E-state index in [0.29, 0.717) is 17.5 Å². The smallest absolute Gasteiger partial charge is 0.279 e. The number of nitrogens with one attached hydrogen (secondary N) is 2. The van der Waals surface area contributed by atoms with Crippen LogP contribution in [0.4, 0.5) is 17.5 Å². The summed E-state index contributed by atoms with van der Waals surface area (Å²) in [6.07, 6.45) is 3.96. The van der Waals surface area contributed by atoms with Crippen LogP contribution in [0.5, 0.6) is 0 Å². The molecule has 2 N–H and O–H groups in total. The highest BCUT2D eigenvalue weighted by Gasteiger charge is 2.19. The van der Waals surface area contributed by atoms with Crippen LogP contribution in [0.2, 0.25) is 0 Å². The monoisotopic (exact) mass is 311 g/mol. The van der Waals surface area contributed by atoms with Gasteiger partial charge in [-0.3, -0.25) is 4.72 Å². The summed E-state index contributed by atoms with van der Waals surface area (Å²) in [7, 11) is 3.42. The summed E-state index contributed by atoms with van der Waals surface area (Å²) in [6.45, 7) is 0. The SMILES string of the molecule is CN(C)c1ncc(NS(=O)(=O)c2cnc[nH]2)c(N(C)C)n1. The number of hydrogen-bond donors (Lipinski definition) is 2. The van der Waals surface area contributed by atoms with E-state index < -0.39 is 10.0 Å². The van der Waals surface area contributed by atoms with Gasteiger partial charge in [-0.15, -0.1) is 0 Å². The maximum atomic E-state index is 12.2. The number of imidazole rings is 1. The first-order valence-electron chi connectivity index (χ1n) is 6.04. The Labute approximate surface area is 123 Å². The molecule has 0 radical (unpaired) electrons. The third-order valence-electron chi connectivity index (χ3n) is 2.59. The molecule has 0 saturated heterocycles. The Bertz CT molecular complexity index is 710. The van der Waals surface area contributed by atoms with E-state index in [9.17, 15) is 8.42 Å². The van der Waals surface area contributed by atoms with Crippen LogP contribution in [0.15, 0.2) is 23.7 Å². The first-order chi connectivity index (χ1) is 9.81. The zero-order valence-electron chi connectivity index (χ0n) is 12.2. The fourth-order valence-corrected chi connectivity index (χ4v) is 2.53. The lowest BCUT2D eigenvalue weighted by Crippen LogP contribution is -2.21. The maximum Gasteiger partial charge on any atom is 0.279 e. The number of aromatic amines is 1. The van der Waals surface area contributed by atoms with Crippen molar-refractivity contribution in [3.05, 3.63) is 18.7 Å². The van der Waals surface area contributed by atoms with E-state index >= 15 is 0 Å². The first kappa shape index (κ1) is 15.0. The van der Waals surface area contributed by atoms with Crippen molar-refractivity contribution in [3.63, 3.8) is 0 Å². The maximum absolute atomic E-state index is 12.2. The van der Waals surface area contributed by atoms with Gasteiger partial charge < -0.3 is 14.8 Å². The lowest BCUT2D eigenvalue weighted by molar-refractivity contribution is 0.598. The van der Waals surface area contributed by atoms with Crippen molar-refractivity contribution in [1.82, 2.24) is 19.9 Å². The van der Waals surface area contributed by atoms with Gasteiger partial charge in [0.25, 0.3) is 10.0 Å². The van der Waals surface area contributed by atoms with Crippen LogP contribution < -0.4 is 14.5 Å². The van der Waals surface area contributed by atoms with Crippen LogP contribution in [0, 0.1) is 0 Å². The molecule has 2 heterocycles. The molecule has 0 aliphatic rings. The summed E-state index contributed by atoms with van der Waals surface area (Å²) in [5, 5.41) is -0.0242. The predicted molar refractivity (Wildman–Crippen MR) is 80.1 cm³/mol.